The number of benzene rings is 1. The molecule has 1 aliphatic heterocycles. The molecule has 0 bridgehead atoms. The van der Waals surface area contributed by atoms with Crippen LogP contribution in [0.3, 0.4) is 0 Å². The molecule has 1 aliphatic rings. The second-order valence-electron chi connectivity index (χ2n) is 7.73. The van der Waals surface area contributed by atoms with Gasteiger partial charge in [-0.1, -0.05) is 30.3 Å². The topological polar surface area (TPSA) is 64.1 Å². The number of hydrogen-bond acceptors (Lipinski definition) is 4. The number of nitrogens with one attached hydrogen (secondary N) is 2. The fourth-order valence-corrected chi connectivity index (χ4v) is 3.33. The van der Waals surface area contributed by atoms with Crippen molar-refractivity contribution in [2.45, 2.75) is 45.4 Å². The lowest BCUT2D eigenvalue weighted by Crippen LogP contribution is -2.38. The first kappa shape index (κ1) is 24.6. The number of hydrogen-bond donors (Lipinski definition) is 2. The molecule has 2 N–H and O–H groups in total. The minimum atomic E-state index is 0.670. The Kier molecular flexibility index (Phi) is 14.0. The van der Waals surface area contributed by atoms with Crippen LogP contribution < -0.4 is 10.6 Å². The maximum atomic E-state index is 5.81. The van der Waals surface area contributed by atoms with Crippen LogP contribution in [0.1, 0.15) is 44.6 Å². The van der Waals surface area contributed by atoms with E-state index in [1.54, 1.807) is 0 Å². The van der Waals surface area contributed by atoms with Gasteiger partial charge >= 0.3 is 0 Å². The van der Waals surface area contributed by atoms with Gasteiger partial charge in [-0.25, -0.2) is 0 Å². The van der Waals surface area contributed by atoms with Gasteiger partial charge in [0, 0.05) is 52.7 Å². The van der Waals surface area contributed by atoms with Crippen molar-refractivity contribution < 1.29 is 14.2 Å². The zero-order chi connectivity index (χ0) is 21.1. The molecule has 1 saturated heterocycles. The lowest BCUT2D eigenvalue weighted by atomic mass is 10.0. The third-order valence-corrected chi connectivity index (χ3v) is 5.14. The molecule has 6 heteroatoms. The molecular formula is C24H41N3O3. The Morgan fingerprint density at radius 3 is 2.60 bits per heavy atom. The Hall–Kier alpha value is -1.63. The predicted octanol–water partition coefficient (Wildman–Crippen LogP) is 3.41. The summed E-state index contributed by atoms with van der Waals surface area (Å²) in [6.07, 6.45) is 6.32. The molecule has 2 rings (SSSR count). The summed E-state index contributed by atoms with van der Waals surface area (Å²) in [6.45, 7) is 9.67. The number of ether oxygens (including phenoxy) is 3. The Morgan fingerprint density at radius 1 is 1.00 bits per heavy atom. The number of rotatable bonds is 15. The lowest BCUT2D eigenvalue weighted by molar-refractivity contribution is 0.0205. The van der Waals surface area contributed by atoms with Crippen molar-refractivity contribution in [2.24, 2.45) is 10.9 Å². The quantitative estimate of drug-likeness (QED) is 0.259. The van der Waals surface area contributed by atoms with E-state index in [0.29, 0.717) is 5.92 Å². The van der Waals surface area contributed by atoms with Crippen molar-refractivity contribution in [1.29, 1.82) is 0 Å². The molecule has 0 atom stereocenters. The van der Waals surface area contributed by atoms with E-state index in [2.05, 4.69) is 46.8 Å². The van der Waals surface area contributed by atoms with Crippen LogP contribution in [0, 0.1) is 5.92 Å². The first-order valence-corrected chi connectivity index (χ1v) is 11.7. The Bertz CT molecular complexity index is 548. The van der Waals surface area contributed by atoms with Crippen LogP contribution in [-0.4, -0.2) is 65.2 Å². The van der Waals surface area contributed by atoms with Gasteiger partial charge < -0.3 is 24.8 Å². The molecule has 0 spiro atoms. The summed E-state index contributed by atoms with van der Waals surface area (Å²) in [6, 6.07) is 10.5. The smallest absolute Gasteiger partial charge is 0.191 e. The number of guanidine groups is 1. The fourth-order valence-electron chi connectivity index (χ4n) is 3.33. The van der Waals surface area contributed by atoms with E-state index < -0.39 is 0 Å². The maximum absolute atomic E-state index is 5.81. The van der Waals surface area contributed by atoms with Crippen molar-refractivity contribution in [2.75, 3.05) is 59.3 Å². The summed E-state index contributed by atoms with van der Waals surface area (Å²) < 4.78 is 16.9. The minimum absolute atomic E-state index is 0.670. The minimum Gasteiger partial charge on any atom is -0.381 e. The van der Waals surface area contributed by atoms with Crippen molar-refractivity contribution in [3.63, 3.8) is 0 Å². The van der Waals surface area contributed by atoms with E-state index in [9.17, 15) is 0 Å². The molecule has 0 amide bonds. The van der Waals surface area contributed by atoms with Crippen LogP contribution in [0.15, 0.2) is 35.3 Å². The molecule has 6 nitrogen and oxygen atoms in total. The van der Waals surface area contributed by atoms with Gasteiger partial charge in [-0.2, -0.15) is 0 Å². The molecule has 0 aromatic heterocycles. The molecule has 1 heterocycles. The van der Waals surface area contributed by atoms with E-state index in [1.807, 2.05) is 6.07 Å². The van der Waals surface area contributed by atoms with Crippen LogP contribution in [0.25, 0.3) is 0 Å². The Morgan fingerprint density at radius 2 is 1.80 bits per heavy atom. The third-order valence-electron chi connectivity index (χ3n) is 5.14. The normalized spacial score (nSPS) is 15.3. The van der Waals surface area contributed by atoms with Crippen LogP contribution in [0.4, 0.5) is 0 Å². The summed E-state index contributed by atoms with van der Waals surface area (Å²) in [5, 5.41) is 6.72. The van der Waals surface area contributed by atoms with Gasteiger partial charge in [-0.05, 0) is 56.9 Å². The van der Waals surface area contributed by atoms with Gasteiger partial charge in [-0.15, -0.1) is 0 Å². The fraction of sp³-hybridized carbons (Fsp3) is 0.708. The van der Waals surface area contributed by atoms with Gasteiger partial charge in [0.2, 0.25) is 0 Å². The van der Waals surface area contributed by atoms with Crippen LogP contribution in [0.5, 0.6) is 0 Å². The highest BCUT2D eigenvalue weighted by molar-refractivity contribution is 5.79. The molecule has 0 radical (unpaired) electrons. The van der Waals surface area contributed by atoms with Crippen molar-refractivity contribution in [3.8, 4) is 0 Å². The molecular weight excluding hydrogens is 378 g/mol. The first-order chi connectivity index (χ1) is 14.9. The maximum Gasteiger partial charge on any atom is 0.191 e. The average Bonchev–Trinajstić information content (AvgIpc) is 2.79. The molecule has 1 fully saturated rings. The Labute approximate surface area is 182 Å². The molecule has 30 heavy (non-hydrogen) atoms. The molecule has 0 saturated carbocycles. The SMILES string of the molecule is CCNC(=NCCCOCC1CCOCC1)NCCCCOCCc1ccccc1. The van der Waals surface area contributed by atoms with E-state index in [0.717, 1.165) is 104 Å². The van der Waals surface area contributed by atoms with Gasteiger partial charge in [0.05, 0.1) is 6.61 Å². The second kappa shape index (κ2) is 17.1. The van der Waals surface area contributed by atoms with Crippen molar-refractivity contribution in [3.05, 3.63) is 35.9 Å². The Balaban J connectivity index is 1.43. The van der Waals surface area contributed by atoms with Crippen molar-refractivity contribution in [1.82, 2.24) is 10.6 Å². The highest BCUT2D eigenvalue weighted by atomic mass is 16.5. The van der Waals surface area contributed by atoms with E-state index in [-0.39, 0.29) is 0 Å². The van der Waals surface area contributed by atoms with Gasteiger partial charge in [0.25, 0.3) is 0 Å². The highest BCUT2D eigenvalue weighted by Gasteiger charge is 2.13. The number of unbranched alkanes of at least 4 members (excludes halogenated alkanes) is 1. The largest absolute Gasteiger partial charge is 0.381 e. The first-order valence-electron chi connectivity index (χ1n) is 11.7. The molecule has 0 aliphatic carbocycles. The summed E-state index contributed by atoms with van der Waals surface area (Å²) in [7, 11) is 0. The van der Waals surface area contributed by atoms with E-state index in [4.69, 9.17) is 14.2 Å². The molecule has 1 aromatic rings. The summed E-state index contributed by atoms with van der Waals surface area (Å²) >= 11 is 0. The molecule has 170 valence electrons. The van der Waals surface area contributed by atoms with E-state index >= 15 is 0 Å². The predicted molar refractivity (Wildman–Crippen MR) is 123 cm³/mol. The number of aliphatic imine (C=N–C) groups is 1. The summed E-state index contributed by atoms with van der Waals surface area (Å²) in [4.78, 5) is 4.64. The zero-order valence-corrected chi connectivity index (χ0v) is 18.7. The van der Waals surface area contributed by atoms with Crippen LogP contribution in [0.2, 0.25) is 0 Å². The second-order valence-corrected chi connectivity index (χ2v) is 7.73. The molecule has 1 aromatic carbocycles. The monoisotopic (exact) mass is 419 g/mol. The van der Waals surface area contributed by atoms with E-state index in [1.165, 1.54) is 5.56 Å². The van der Waals surface area contributed by atoms with Crippen LogP contribution in [-0.2, 0) is 20.6 Å². The zero-order valence-electron chi connectivity index (χ0n) is 18.7. The van der Waals surface area contributed by atoms with Gasteiger partial charge in [0.1, 0.15) is 0 Å². The molecule has 0 unspecified atom stereocenters. The van der Waals surface area contributed by atoms with Gasteiger partial charge in [0.15, 0.2) is 5.96 Å². The summed E-state index contributed by atoms with van der Waals surface area (Å²) in [5.41, 5.74) is 1.33. The van der Waals surface area contributed by atoms with Crippen molar-refractivity contribution >= 4 is 5.96 Å². The third kappa shape index (κ3) is 12.2. The van der Waals surface area contributed by atoms with Crippen LogP contribution >= 0.6 is 0 Å². The highest BCUT2D eigenvalue weighted by Crippen LogP contribution is 2.14. The lowest BCUT2D eigenvalue weighted by Gasteiger charge is -2.21. The standard InChI is InChI=1S/C24H41N3O3/c1-2-25-24(27-15-8-17-30-21-23-12-19-29-20-13-23)26-14-6-7-16-28-18-11-22-9-4-3-5-10-22/h3-5,9-10,23H,2,6-8,11-21H2,1H3,(H2,25,26,27). The average molecular weight is 420 g/mol. The number of nitrogens with zero attached hydrogens (tertiary/aromatic N) is 1. The summed E-state index contributed by atoms with van der Waals surface area (Å²) in [5.74, 6) is 1.57. The van der Waals surface area contributed by atoms with Gasteiger partial charge in [-0.3, -0.25) is 4.99 Å².